The van der Waals surface area contributed by atoms with Crippen molar-refractivity contribution in [2.75, 3.05) is 0 Å². The maximum atomic E-state index is 12.5. The molecule has 19 rings (SSSR count). The first kappa shape index (κ1) is 106. The van der Waals surface area contributed by atoms with E-state index in [1.165, 1.54) is 83.3 Å². The number of unbranched alkanes of at least 4 members (excludes halogenated alkanes) is 1. The number of fused-ring (bicyclic) bond motifs is 11. The van der Waals surface area contributed by atoms with E-state index in [4.69, 9.17) is 17.5 Å². The van der Waals surface area contributed by atoms with E-state index >= 15 is 0 Å². The topological polar surface area (TPSA) is 127 Å². The van der Waals surface area contributed by atoms with Crippen molar-refractivity contribution in [3.63, 3.8) is 0 Å². The summed E-state index contributed by atoms with van der Waals surface area (Å²) >= 11 is 3.67. The average Bonchev–Trinajstić information content (AvgIpc) is 1.43. The Hall–Kier alpha value is -8.38. The molecule has 0 fully saturated rings. The van der Waals surface area contributed by atoms with Gasteiger partial charge in [-0.2, -0.15) is 136 Å². The van der Waals surface area contributed by atoms with Crippen LogP contribution in [0.4, 0.5) is 0 Å². The molecule has 0 atom stereocenters. The molecule has 3 aromatic heterocycles. The zero-order valence-corrected chi connectivity index (χ0v) is 81.2. The summed E-state index contributed by atoms with van der Waals surface area (Å²) in [6.45, 7) is 23.7. The number of benzene rings is 15. The van der Waals surface area contributed by atoms with Crippen molar-refractivity contribution in [3.05, 3.63) is 469 Å². The zero-order valence-electron chi connectivity index (χ0n) is 69.4. The first-order valence-electron chi connectivity index (χ1n) is 38.9. The molecule has 1 aliphatic heterocycles. The second-order valence-electron chi connectivity index (χ2n) is 25.5. The quantitative estimate of drug-likeness (QED) is 0.0313. The van der Waals surface area contributed by atoms with Crippen molar-refractivity contribution in [2.45, 2.75) is 79.8 Å². The number of nitrogens with zero attached hydrogens (tertiary/aromatic N) is 3. The van der Waals surface area contributed by atoms with Crippen LogP contribution in [-0.4, -0.2) is 42.1 Å². The van der Waals surface area contributed by atoms with Crippen LogP contribution in [0.2, 0.25) is 0 Å². The summed E-state index contributed by atoms with van der Waals surface area (Å²) < 4.78 is 39.7. The van der Waals surface area contributed by atoms with Crippen molar-refractivity contribution >= 4 is 110 Å². The molecule has 0 bridgehead atoms. The third kappa shape index (κ3) is 23.6. The molecule has 0 spiro atoms. The Kier molecular flexibility index (Phi) is 45.5. The first-order valence-corrected chi connectivity index (χ1v) is 41.1. The maximum Gasteiger partial charge on any atom is 1.00 e. The molecule has 0 amide bonds. The Morgan fingerprint density at radius 3 is 1.07 bits per heavy atom. The van der Waals surface area contributed by atoms with Gasteiger partial charge in [0, 0.05) is 146 Å². The second kappa shape index (κ2) is 52.4. The fourth-order valence-electron chi connectivity index (χ4n) is 14.5. The van der Waals surface area contributed by atoms with E-state index in [1.807, 2.05) is 163 Å². The minimum Gasteiger partial charge on any atom is -0.380 e. The van der Waals surface area contributed by atoms with Gasteiger partial charge in [-0.15, -0.1) is 120 Å². The molecule has 122 heavy (non-hydrogen) atoms. The summed E-state index contributed by atoms with van der Waals surface area (Å²) in [6, 6.07) is 140. The number of aliphatic hydroxyl groups is 1. The van der Waals surface area contributed by atoms with Crippen molar-refractivity contribution in [3.8, 4) is 17.1 Å². The van der Waals surface area contributed by atoms with Crippen LogP contribution in [0.15, 0.2) is 376 Å². The molecule has 3 N–H and O–H groups in total. The van der Waals surface area contributed by atoms with Crippen LogP contribution in [0.3, 0.4) is 0 Å². The number of carbonyl (C=O) groups excluding carboxylic acids is 1. The van der Waals surface area contributed by atoms with Gasteiger partial charge in [-0.1, -0.05) is 220 Å². The van der Waals surface area contributed by atoms with Crippen molar-refractivity contribution in [1.82, 2.24) is 13.7 Å². The standard InChI is InChI=1S/C31H21NO.C31H19N.C18H12BrN.C13H8O.C4H9.3C2H6.C2H4.CH4.ClH.Li.H2O4S.3Y/c33-31(23-13-3-1-4-14-23,24-15-5-2-6-16-24)27-19-9-12-22-30(27)32-28-20-10-7-17-25(28)26-18-8-11-21-29(26)32;1-3-12-22(13-4-1)31(23-14-5-2-6-15-23)26-18-8-10-21-29(26)32-28-20-9-7-16-24(28)25-17-11-19-27(31)30(25)32;19-15-9-3-6-12-18(15)20-16-10-4-1-7-13(16)14-8-2-5-11-17(14)20;14-13(11-7-3-1-4-8-11)12-9-5-2-6-10-12;1-3-4-2;4*1-2;;;;1-5(2,3)4;;;/h1-13,15,17-22,33H;1-12,14,16-21H;1-12H;1-7,9H;1,3-4H2,2H3;3*1-2H3;1-2H2;1H4;1H;;(H2,1,2,3,4);;;/q2*-2;;-2;-1;;;;;;;+1;;;;. The van der Waals surface area contributed by atoms with E-state index in [0.717, 1.165) is 44.3 Å². The molecule has 9 nitrogen and oxygen atoms in total. The fraction of sp³-hybridized carbons (Fsp3) is 0.113. The number of hydrogen-bond donors (Lipinski definition) is 3. The minimum absolute atomic E-state index is 0. The van der Waals surface area contributed by atoms with Crippen LogP contribution in [-0.2, 0) is 120 Å². The average molecular weight is 1930 g/mol. The van der Waals surface area contributed by atoms with Gasteiger partial charge in [0.15, 0.2) is 0 Å². The number of hydrogen-bond acceptors (Lipinski definition) is 4. The molecule has 16 heteroatoms. The third-order valence-electron chi connectivity index (χ3n) is 19.1. The molecule has 15 aromatic carbocycles. The summed E-state index contributed by atoms with van der Waals surface area (Å²) in [5.74, 6) is -0.0359. The van der Waals surface area contributed by atoms with Crippen LogP contribution in [0.5, 0.6) is 0 Å². The van der Waals surface area contributed by atoms with Gasteiger partial charge in [-0.25, -0.2) is 0 Å². The molecule has 3 radical (unpaired) electrons. The Bertz CT molecular complexity index is 6070. The van der Waals surface area contributed by atoms with E-state index in [1.54, 1.807) is 24.3 Å². The van der Waals surface area contributed by atoms with Gasteiger partial charge in [0.05, 0.1) is 61.5 Å². The first-order chi connectivity index (χ1) is 56.8. The molecule has 0 aliphatic carbocycles. The summed E-state index contributed by atoms with van der Waals surface area (Å²) in [6.07, 6.45) is 2.28. The number of ketones is 1. The summed E-state index contributed by atoms with van der Waals surface area (Å²) in [4.78, 5) is 11.8. The summed E-state index contributed by atoms with van der Waals surface area (Å²) in [7, 11) is -4.67. The van der Waals surface area contributed by atoms with E-state index in [-0.39, 0.29) is 143 Å². The Morgan fingerprint density at radius 2 is 0.697 bits per heavy atom. The molecular formula is C106H98BrClLiN3O6SY3-6. The van der Waals surface area contributed by atoms with Crippen LogP contribution in [0.25, 0.3) is 82.5 Å². The van der Waals surface area contributed by atoms with Crippen molar-refractivity contribution < 1.29 is 144 Å². The molecule has 18 aromatic rings. The van der Waals surface area contributed by atoms with Gasteiger partial charge in [0.2, 0.25) is 0 Å². The largest absolute Gasteiger partial charge is 1.00 e. The SMILES string of the molecule is Brc1ccccc1-n1c2ccccc2c2ccccc21.C.C=C.CC.CC.CC.Cl.O=C(c1[c-]cccc1)c1[c-]cccc1.O=S(=O)(O)O.OC(c1[c-]cccc1)(c1[c-]cccc1)c1ccccc1-n1c2ccccc2c2ccccc21.[CH2-]CCC.[Li+].[Y].[Y].[Y].[c-]1ccccc1C1(c2[c-]cccc2)c2ccccc2-n2c3ccccc3c3cccc1c32. The smallest absolute Gasteiger partial charge is 0.380 e. The Balaban J connectivity index is 0.000000327. The predicted octanol–water partition coefficient (Wildman–Crippen LogP) is 24.7. The maximum absolute atomic E-state index is 12.5. The van der Waals surface area contributed by atoms with Crippen LogP contribution in [0.1, 0.15) is 124 Å². The predicted molar refractivity (Wildman–Crippen MR) is 500 cm³/mol. The number of para-hydroxylation sites is 9. The molecular weight excluding hydrogens is 1830 g/mol. The Labute approximate surface area is 824 Å². The number of halogens is 2. The van der Waals surface area contributed by atoms with Crippen LogP contribution >= 0.6 is 28.3 Å². The summed E-state index contributed by atoms with van der Waals surface area (Å²) in [5, 5.41) is 20.0. The third-order valence-corrected chi connectivity index (χ3v) is 19.8. The van der Waals surface area contributed by atoms with Gasteiger partial charge in [0.25, 0.3) is 0 Å². The van der Waals surface area contributed by atoms with E-state index in [0.29, 0.717) is 22.3 Å². The van der Waals surface area contributed by atoms with Crippen LogP contribution < -0.4 is 18.9 Å². The number of carbonyl (C=O) groups is 1. The molecule has 0 saturated heterocycles. The van der Waals surface area contributed by atoms with E-state index in [9.17, 15) is 9.90 Å². The molecule has 609 valence electrons. The normalized spacial score (nSPS) is 10.7. The summed E-state index contributed by atoms with van der Waals surface area (Å²) in [5.41, 5.74) is 16.7. The monoisotopic (exact) mass is 1930 g/mol. The van der Waals surface area contributed by atoms with E-state index < -0.39 is 21.4 Å². The minimum atomic E-state index is -4.67. The van der Waals surface area contributed by atoms with Crippen molar-refractivity contribution in [2.24, 2.45) is 0 Å². The molecule has 0 unspecified atom stereocenters. The van der Waals surface area contributed by atoms with Gasteiger partial charge in [-0.3, -0.25) is 9.11 Å². The van der Waals surface area contributed by atoms with Gasteiger partial charge >= 0.3 is 29.3 Å². The molecule has 4 heterocycles. The van der Waals surface area contributed by atoms with Crippen molar-refractivity contribution in [1.29, 1.82) is 0 Å². The van der Waals surface area contributed by atoms with Crippen LogP contribution in [0, 0.1) is 43.3 Å². The Morgan fingerprint density at radius 1 is 0.402 bits per heavy atom. The number of rotatable bonds is 10. The fourth-order valence-corrected chi connectivity index (χ4v) is 15.0. The van der Waals surface area contributed by atoms with E-state index in [2.05, 4.69) is 305 Å². The zero-order chi connectivity index (χ0) is 82.6. The van der Waals surface area contributed by atoms with Gasteiger partial charge in [-0.05, 0) is 81.7 Å². The molecule has 0 saturated carbocycles. The second-order valence-corrected chi connectivity index (χ2v) is 27.3. The number of aromatic nitrogens is 3. The van der Waals surface area contributed by atoms with Gasteiger partial charge in [0.1, 0.15) is 0 Å². The van der Waals surface area contributed by atoms with Gasteiger partial charge < -0.3 is 30.5 Å². The molecule has 1 aliphatic rings.